The Hall–Kier alpha value is -1.94. The van der Waals surface area contributed by atoms with Crippen LogP contribution in [0.2, 0.25) is 0 Å². The van der Waals surface area contributed by atoms with Gasteiger partial charge in [0.05, 0.1) is 26.4 Å². The molecule has 19 heteroatoms. The largest absolute Gasteiger partial charge is 0.472 e. The highest BCUT2D eigenvalue weighted by molar-refractivity contribution is 7.47. The van der Waals surface area contributed by atoms with Crippen LogP contribution in [0.15, 0.2) is 0 Å². The number of rotatable bonds is 66. The number of aliphatic hydroxyl groups is 1. The summed E-state index contributed by atoms with van der Waals surface area (Å²) in [6, 6.07) is 0. The molecule has 0 aromatic rings. The van der Waals surface area contributed by atoms with Crippen LogP contribution in [0.5, 0.6) is 0 Å². The van der Waals surface area contributed by atoms with Crippen molar-refractivity contribution in [1.29, 1.82) is 0 Å². The second-order valence-corrected chi connectivity index (χ2v) is 28.4. The van der Waals surface area contributed by atoms with Crippen molar-refractivity contribution in [1.82, 2.24) is 0 Å². The zero-order chi connectivity index (χ0) is 64.5. The lowest BCUT2D eigenvalue weighted by atomic mass is 9.99. The summed E-state index contributed by atoms with van der Waals surface area (Å²) < 4.78 is 68.1. The van der Waals surface area contributed by atoms with Gasteiger partial charge in [0.2, 0.25) is 0 Å². The van der Waals surface area contributed by atoms with Crippen LogP contribution in [-0.2, 0) is 65.4 Å². The first-order valence-electron chi connectivity index (χ1n) is 35.4. The van der Waals surface area contributed by atoms with E-state index in [9.17, 15) is 43.2 Å². The highest BCUT2D eigenvalue weighted by Gasteiger charge is 2.30. The number of esters is 4. The van der Waals surface area contributed by atoms with Gasteiger partial charge in [-0.15, -0.1) is 0 Å². The van der Waals surface area contributed by atoms with Crippen molar-refractivity contribution in [3.05, 3.63) is 0 Å². The number of aliphatic hydroxyl groups excluding tert-OH is 1. The van der Waals surface area contributed by atoms with Gasteiger partial charge in [-0.25, -0.2) is 9.13 Å². The van der Waals surface area contributed by atoms with Crippen molar-refractivity contribution in [3.63, 3.8) is 0 Å². The van der Waals surface area contributed by atoms with Gasteiger partial charge >= 0.3 is 39.5 Å². The monoisotopic (exact) mass is 1280 g/mol. The number of ether oxygens (including phenoxy) is 4. The van der Waals surface area contributed by atoms with Gasteiger partial charge in [0.1, 0.15) is 19.3 Å². The first kappa shape index (κ1) is 85.1. The fourth-order valence-corrected chi connectivity index (χ4v) is 11.7. The molecule has 0 aliphatic rings. The van der Waals surface area contributed by atoms with E-state index in [4.69, 9.17) is 37.0 Å². The predicted octanol–water partition coefficient (Wildman–Crippen LogP) is 19.1. The Morgan fingerprint density at radius 2 is 0.586 bits per heavy atom. The summed E-state index contributed by atoms with van der Waals surface area (Å²) in [5, 5.41) is 10.6. The summed E-state index contributed by atoms with van der Waals surface area (Å²) in [4.78, 5) is 72.3. The molecule has 4 unspecified atom stereocenters. The molecule has 0 saturated carbocycles. The van der Waals surface area contributed by atoms with Gasteiger partial charge in [-0.1, -0.05) is 286 Å². The van der Waals surface area contributed by atoms with Crippen molar-refractivity contribution < 1.29 is 80.2 Å². The van der Waals surface area contributed by atoms with E-state index < -0.39 is 97.5 Å². The van der Waals surface area contributed by atoms with Crippen LogP contribution < -0.4 is 0 Å². The average molecular weight is 1280 g/mol. The van der Waals surface area contributed by atoms with E-state index in [-0.39, 0.29) is 25.7 Å². The quantitative estimate of drug-likeness (QED) is 0.0222. The summed E-state index contributed by atoms with van der Waals surface area (Å²) in [6.07, 6.45) is 41.8. The zero-order valence-electron chi connectivity index (χ0n) is 56.5. The molecule has 0 amide bonds. The maximum atomic E-state index is 13.0. The van der Waals surface area contributed by atoms with Gasteiger partial charge < -0.3 is 33.8 Å². The zero-order valence-corrected chi connectivity index (χ0v) is 58.3. The summed E-state index contributed by atoms with van der Waals surface area (Å²) in [7, 11) is -9.89. The molecule has 0 aromatic heterocycles. The van der Waals surface area contributed by atoms with E-state index >= 15 is 0 Å². The van der Waals surface area contributed by atoms with E-state index in [0.29, 0.717) is 31.6 Å². The van der Waals surface area contributed by atoms with Crippen molar-refractivity contribution in [2.75, 3.05) is 39.6 Å². The summed E-state index contributed by atoms with van der Waals surface area (Å²) in [5.74, 6) is 0.124. The molecule has 0 radical (unpaired) electrons. The molecular weight excluding hydrogens is 1150 g/mol. The molecule has 0 aliphatic heterocycles. The predicted molar refractivity (Wildman–Crippen MR) is 349 cm³/mol. The highest BCUT2D eigenvalue weighted by Crippen LogP contribution is 2.45. The second-order valence-electron chi connectivity index (χ2n) is 25.5. The lowest BCUT2D eigenvalue weighted by molar-refractivity contribution is -0.161. The van der Waals surface area contributed by atoms with Crippen molar-refractivity contribution in [3.8, 4) is 0 Å². The maximum Gasteiger partial charge on any atom is 0.472 e. The van der Waals surface area contributed by atoms with Crippen molar-refractivity contribution in [2.45, 2.75) is 356 Å². The molecule has 0 aromatic carbocycles. The Kier molecular flexibility index (Phi) is 57.8. The van der Waals surface area contributed by atoms with Crippen molar-refractivity contribution >= 4 is 39.5 Å². The van der Waals surface area contributed by atoms with Crippen LogP contribution in [0.1, 0.15) is 337 Å². The molecule has 516 valence electrons. The molecule has 3 N–H and O–H groups in total. The van der Waals surface area contributed by atoms with Gasteiger partial charge in [-0.2, -0.15) is 0 Å². The smallest absolute Gasteiger partial charge is 0.462 e. The molecular formula is C68H132O17P2. The molecule has 7 atom stereocenters. The first-order valence-corrected chi connectivity index (χ1v) is 38.4. The van der Waals surface area contributed by atoms with Crippen LogP contribution >= 0.6 is 15.6 Å². The normalized spacial score (nSPS) is 14.9. The number of unbranched alkanes of at least 4 members (excludes halogenated alkanes) is 32. The van der Waals surface area contributed by atoms with E-state index in [1.54, 1.807) is 0 Å². The van der Waals surface area contributed by atoms with E-state index in [2.05, 4.69) is 48.5 Å². The molecule has 0 fully saturated rings. The number of hydrogen-bond acceptors (Lipinski definition) is 15. The second kappa shape index (κ2) is 59.1. The number of hydrogen-bond donors (Lipinski definition) is 3. The Bertz CT molecular complexity index is 1720. The van der Waals surface area contributed by atoms with Gasteiger partial charge in [-0.3, -0.25) is 37.3 Å². The van der Waals surface area contributed by atoms with Crippen LogP contribution in [0, 0.1) is 17.8 Å². The standard InChI is InChI=1S/C68H132O17P2/c1-8-11-12-13-14-15-23-26-37-44-51-67(72)84-63(55-78-65(70)49-42-35-30-28-32-39-46-59(4)5)57-82-86(74,75)80-53-62(69)54-81-87(76,77)83-58-64(56-79-66(71)50-43-36-31-29-34-41-48-61(7)10-3)85-68(73)52-45-38-27-24-21-19-17-16-18-20-22-25-33-40-47-60(6)9-2/h59-64,69H,8-58H2,1-7H3,(H,74,75)(H,76,77)/t60?,61?,62-,63+,64+/m0/s1. The summed E-state index contributed by atoms with van der Waals surface area (Å²) in [5.41, 5.74) is 0. The molecule has 0 spiro atoms. The Morgan fingerprint density at radius 1 is 0.333 bits per heavy atom. The molecule has 0 bridgehead atoms. The molecule has 0 rings (SSSR count). The molecule has 0 saturated heterocycles. The SMILES string of the molecule is CCCCCCCCCCCCC(=O)O[C@H](COC(=O)CCCCCCCCC(C)C)COP(=O)(O)OC[C@H](O)COP(=O)(O)OC[C@@H](COC(=O)CCCCCCCCC(C)CC)OC(=O)CCCCCCCCCCCCCCCCC(C)CC. The molecule has 0 heterocycles. The van der Waals surface area contributed by atoms with Gasteiger partial charge in [0.15, 0.2) is 12.2 Å². The third kappa shape index (κ3) is 60.1. The van der Waals surface area contributed by atoms with Gasteiger partial charge in [0, 0.05) is 25.7 Å². The molecule has 87 heavy (non-hydrogen) atoms. The summed E-state index contributed by atoms with van der Waals surface area (Å²) >= 11 is 0. The fraction of sp³-hybridized carbons (Fsp3) is 0.941. The third-order valence-electron chi connectivity index (χ3n) is 16.4. The number of carbonyl (C=O) groups is 4. The molecule has 17 nitrogen and oxygen atoms in total. The minimum atomic E-state index is -4.95. The van der Waals surface area contributed by atoms with Gasteiger partial charge in [0.25, 0.3) is 0 Å². The Morgan fingerprint density at radius 3 is 0.874 bits per heavy atom. The number of carbonyl (C=O) groups excluding carboxylic acids is 4. The maximum absolute atomic E-state index is 13.0. The average Bonchev–Trinajstić information content (AvgIpc) is 3.67. The minimum Gasteiger partial charge on any atom is -0.462 e. The van der Waals surface area contributed by atoms with Crippen LogP contribution in [-0.4, -0.2) is 96.7 Å². The van der Waals surface area contributed by atoms with E-state index in [0.717, 1.165) is 115 Å². The van der Waals surface area contributed by atoms with Crippen LogP contribution in [0.3, 0.4) is 0 Å². The fourth-order valence-electron chi connectivity index (χ4n) is 10.1. The third-order valence-corrected chi connectivity index (χ3v) is 18.3. The lowest BCUT2D eigenvalue weighted by Gasteiger charge is -2.21. The number of phosphoric ester groups is 2. The Balaban J connectivity index is 5.20. The lowest BCUT2D eigenvalue weighted by Crippen LogP contribution is -2.30. The Labute approximate surface area is 530 Å². The highest BCUT2D eigenvalue weighted by atomic mass is 31.2. The topological polar surface area (TPSA) is 237 Å². The summed E-state index contributed by atoms with van der Waals surface area (Å²) in [6.45, 7) is 11.8. The van der Waals surface area contributed by atoms with E-state index in [1.165, 1.54) is 135 Å². The number of phosphoric acid groups is 2. The van der Waals surface area contributed by atoms with Crippen LogP contribution in [0.25, 0.3) is 0 Å². The minimum absolute atomic E-state index is 0.105. The first-order chi connectivity index (χ1) is 41.8. The van der Waals surface area contributed by atoms with Gasteiger partial charge in [-0.05, 0) is 43.4 Å². The van der Waals surface area contributed by atoms with Crippen molar-refractivity contribution in [2.24, 2.45) is 17.8 Å². The molecule has 0 aliphatic carbocycles. The van der Waals surface area contributed by atoms with E-state index in [1.807, 2.05) is 0 Å². The van der Waals surface area contributed by atoms with Crippen LogP contribution in [0.4, 0.5) is 0 Å².